The van der Waals surface area contributed by atoms with Gasteiger partial charge in [0, 0.05) is 11.6 Å². The van der Waals surface area contributed by atoms with Crippen molar-refractivity contribution < 1.29 is 19.0 Å². The fraction of sp³-hybridized carbons (Fsp3) is 0.0909. The van der Waals surface area contributed by atoms with Gasteiger partial charge >= 0.3 is 5.97 Å². The number of hydrogen-bond donors (Lipinski definition) is 2. The summed E-state index contributed by atoms with van der Waals surface area (Å²) < 4.78 is 18.0. The van der Waals surface area contributed by atoms with E-state index in [0.717, 1.165) is 0 Å². The summed E-state index contributed by atoms with van der Waals surface area (Å²) in [6.45, 7) is 0. The van der Waals surface area contributed by atoms with Crippen LogP contribution in [0, 0.1) is 5.82 Å². The second kappa shape index (κ2) is 4.25. The first-order valence-corrected chi connectivity index (χ1v) is 4.74. The molecular formula is C11H9FN2O3. The molecule has 88 valence electrons. The number of methoxy groups -OCH3 is 1. The summed E-state index contributed by atoms with van der Waals surface area (Å²) in [5, 5.41) is 15.2. The van der Waals surface area contributed by atoms with E-state index in [4.69, 9.17) is 9.84 Å². The fourth-order valence-corrected chi connectivity index (χ4v) is 1.53. The number of carbonyl (C=O) groups is 1. The van der Waals surface area contributed by atoms with E-state index in [1.807, 2.05) is 0 Å². The predicted molar refractivity (Wildman–Crippen MR) is 57.5 cm³/mol. The second-order valence-corrected chi connectivity index (χ2v) is 3.31. The van der Waals surface area contributed by atoms with Crippen LogP contribution in [-0.4, -0.2) is 28.4 Å². The van der Waals surface area contributed by atoms with Crippen LogP contribution < -0.4 is 4.74 Å². The van der Waals surface area contributed by atoms with Crippen molar-refractivity contribution in [2.45, 2.75) is 0 Å². The molecule has 2 aromatic rings. The van der Waals surface area contributed by atoms with Gasteiger partial charge in [-0.25, -0.2) is 9.18 Å². The smallest absolute Gasteiger partial charge is 0.339 e. The van der Waals surface area contributed by atoms with E-state index < -0.39 is 11.8 Å². The van der Waals surface area contributed by atoms with Gasteiger partial charge in [-0.2, -0.15) is 5.10 Å². The van der Waals surface area contributed by atoms with Crippen LogP contribution in [0.4, 0.5) is 4.39 Å². The average molecular weight is 236 g/mol. The van der Waals surface area contributed by atoms with Crippen LogP contribution >= 0.6 is 0 Å². The minimum atomic E-state index is -1.11. The number of nitrogens with zero attached hydrogens (tertiary/aromatic N) is 1. The number of aromatic carboxylic acids is 1. The summed E-state index contributed by atoms with van der Waals surface area (Å²) >= 11 is 0. The SMILES string of the molecule is COc1cc(F)ccc1-c1[nH]ncc1C(=O)O. The van der Waals surface area contributed by atoms with Crippen molar-refractivity contribution in [3.05, 3.63) is 35.8 Å². The van der Waals surface area contributed by atoms with Crippen molar-refractivity contribution in [2.75, 3.05) is 7.11 Å². The Kier molecular flexibility index (Phi) is 2.78. The van der Waals surface area contributed by atoms with Crippen LogP contribution in [0.15, 0.2) is 24.4 Å². The maximum absolute atomic E-state index is 13.0. The number of aromatic nitrogens is 2. The molecule has 1 aromatic carbocycles. The zero-order chi connectivity index (χ0) is 12.4. The molecule has 0 unspecified atom stereocenters. The Bertz CT molecular complexity index is 566. The number of H-pyrrole nitrogens is 1. The van der Waals surface area contributed by atoms with Gasteiger partial charge in [-0.3, -0.25) is 5.10 Å². The monoisotopic (exact) mass is 236 g/mol. The molecule has 0 aliphatic carbocycles. The first kappa shape index (κ1) is 11.1. The van der Waals surface area contributed by atoms with Gasteiger partial charge in [-0.15, -0.1) is 0 Å². The van der Waals surface area contributed by atoms with Crippen molar-refractivity contribution >= 4 is 5.97 Å². The number of hydrogen-bond acceptors (Lipinski definition) is 3. The summed E-state index contributed by atoms with van der Waals surface area (Å²) in [6, 6.07) is 3.85. The number of aromatic amines is 1. The van der Waals surface area contributed by atoms with Gasteiger partial charge in [0.1, 0.15) is 17.1 Å². The number of ether oxygens (including phenoxy) is 1. The zero-order valence-corrected chi connectivity index (χ0v) is 8.90. The summed E-state index contributed by atoms with van der Waals surface area (Å²) in [5.74, 6) is -1.32. The molecule has 0 fully saturated rings. The Hall–Kier alpha value is -2.37. The molecule has 2 N–H and O–H groups in total. The van der Waals surface area contributed by atoms with Crippen molar-refractivity contribution in [1.29, 1.82) is 0 Å². The third-order valence-corrected chi connectivity index (χ3v) is 2.30. The first-order chi connectivity index (χ1) is 8.13. The predicted octanol–water partition coefficient (Wildman–Crippen LogP) is 1.92. The van der Waals surface area contributed by atoms with Gasteiger partial charge in [0.05, 0.1) is 19.0 Å². The maximum atomic E-state index is 13.0. The van der Waals surface area contributed by atoms with Gasteiger partial charge in [-0.05, 0) is 12.1 Å². The van der Waals surface area contributed by atoms with Gasteiger partial charge in [0.2, 0.25) is 0 Å². The lowest BCUT2D eigenvalue weighted by Gasteiger charge is -2.07. The molecule has 0 aliphatic heterocycles. The summed E-state index contributed by atoms with van der Waals surface area (Å²) in [6.07, 6.45) is 1.19. The molecular weight excluding hydrogens is 227 g/mol. The molecule has 0 aliphatic rings. The molecule has 0 amide bonds. The van der Waals surface area contributed by atoms with E-state index in [2.05, 4.69) is 10.2 Å². The molecule has 6 heteroatoms. The lowest BCUT2D eigenvalue weighted by molar-refractivity contribution is 0.0698. The van der Waals surface area contributed by atoms with E-state index in [1.54, 1.807) is 0 Å². The number of rotatable bonds is 3. The zero-order valence-electron chi connectivity index (χ0n) is 8.90. The van der Waals surface area contributed by atoms with Gasteiger partial charge < -0.3 is 9.84 Å². The molecule has 0 spiro atoms. The van der Waals surface area contributed by atoms with E-state index in [0.29, 0.717) is 5.56 Å². The molecule has 1 heterocycles. The average Bonchev–Trinajstić information content (AvgIpc) is 2.77. The standard InChI is InChI=1S/C11H9FN2O3/c1-17-9-4-6(12)2-3-7(9)10-8(11(15)16)5-13-14-10/h2-5H,1H3,(H,13,14)(H,15,16). The van der Waals surface area contributed by atoms with E-state index in [9.17, 15) is 9.18 Å². The highest BCUT2D eigenvalue weighted by atomic mass is 19.1. The van der Waals surface area contributed by atoms with Crippen LogP contribution in [0.1, 0.15) is 10.4 Å². The van der Waals surface area contributed by atoms with Crippen LogP contribution in [0.2, 0.25) is 0 Å². The van der Waals surface area contributed by atoms with Crippen LogP contribution in [0.5, 0.6) is 5.75 Å². The van der Waals surface area contributed by atoms with Crippen LogP contribution in [-0.2, 0) is 0 Å². The minimum absolute atomic E-state index is 0.00917. The van der Waals surface area contributed by atoms with Gasteiger partial charge in [-0.1, -0.05) is 0 Å². The molecule has 0 atom stereocenters. The molecule has 0 radical (unpaired) electrons. The Balaban J connectivity index is 2.60. The van der Waals surface area contributed by atoms with E-state index >= 15 is 0 Å². The fourth-order valence-electron chi connectivity index (χ4n) is 1.53. The van der Waals surface area contributed by atoms with Crippen molar-refractivity contribution in [3.63, 3.8) is 0 Å². The Labute approximate surface area is 95.9 Å². The Morgan fingerprint density at radius 3 is 2.94 bits per heavy atom. The quantitative estimate of drug-likeness (QED) is 0.853. The highest BCUT2D eigenvalue weighted by Crippen LogP contribution is 2.31. The molecule has 2 rings (SSSR count). The van der Waals surface area contributed by atoms with Crippen molar-refractivity contribution in [1.82, 2.24) is 10.2 Å². The minimum Gasteiger partial charge on any atom is -0.496 e. The number of nitrogens with one attached hydrogen (secondary N) is 1. The molecule has 0 saturated heterocycles. The maximum Gasteiger partial charge on any atom is 0.339 e. The molecule has 0 bridgehead atoms. The third kappa shape index (κ3) is 1.96. The summed E-state index contributed by atoms with van der Waals surface area (Å²) in [5.41, 5.74) is 0.744. The molecule has 1 aromatic heterocycles. The van der Waals surface area contributed by atoms with Gasteiger partial charge in [0.25, 0.3) is 0 Å². The van der Waals surface area contributed by atoms with Gasteiger partial charge in [0.15, 0.2) is 0 Å². The second-order valence-electron chi connectivity index (χ2n) is 3.31. The third-order valence-electron chi connectivity index (χ3n) is 2.30. The Morgan fingerprint density at radius 2 is 2.29 bits per heavy atom. The number of benzene rings is 1. The summed E-state index contributed by atoms with van der Waals surface area (Å²) in [7, 11) is 1.38. The molecule has 0 saturated carbocycles. The number of halogens is 1. The lowest BCUT2D eigenvalue weighted by atomic mass is 10.1. The largest absolute Gasteiger partial charge is 0.496 e. The summed E-state index contributed by atoms with van der Waals surface area (Å²) in [4.78, 5) is 10.9. The molecule has 17 heavy (non-hydrogen) atoms. The first-order valence-electron chi connectivity index (χ1n) is 4.74. The Morgan fingerprint density at radius 1 is 1.53 bits per heavy atom. The highest BCUT2D eigenvalue weighted by Gasteiger charge is 2.17. The highest BCUT2D eigenvalue weighted by molar-refractivity contribution is 5.95. The normalized spacial score (nSPS) is 10.2. The number of carboxylic acid groups (broad SMARTS) is 1. The van der Waals surface area contributed by atoms with Crippen LogP contribution in [0.25, 0.3) is 11.3 Å². The van der Waals surface area contributed by atoms with E-state index in [-0.39, 0.29) is 17.0 Å². The molecule has 5 nitrogen and oxygen atoms in total. The number of carboxylic acids is 1. The van der Waals surface area contributed by atoms with Crippen molar-refractivity contribution in [2.24, 2.45) is 0 Å². The van der Waals surface area contributed by atoms with Crippen molar-refractivity contribution in [3.8, 4) is 17.0 Å². The van der Waals surface area contributed by atoms with E-state index in [1.165, 1.54) is 31.5 Å². The topological polar surface area (TPSA) is 75.2 Å². The lowest BCUT2D eigenvalue weighted by Crippen LogP contribution is -1.98. The van der Waals surface area contributed by atoms with Crippen LogP contribution in [0.3, 0.4) is 0 Å².